The molecule has 0 amide bonds. The molecule has 0 bridgehead atoms. The second-order valence-corrected chi connectivity index (χ2v) is 5.39. The molecule has 0 aliphatic heterocycles. The Morgan fingerprint density at radius 1 is 1.35 bits per heavy atom. The Morgan fingerprint density at radius 2 is 2.10 bits per heavy atom. The van der Waals surface area contributed by atoms with Crippen LogP contribution in [0.5, 0.6) is 0 Å². The molecule has 0 aliphatic rings. The Bertz CT molecular complexity index is 610. The van der Waals surface area contributed by atoms with Crippen LogP contribution in [0.25, 0.3) is 0 Å². The van der Waals surface area contributed by atoms with Crippen molar-refractivity contribution < 1.29 is 9.90 Å². The Hall–Kier alpha value is -1.82. The van der Waals surface area contributed by atoms with E-state index in [0.717, 1.165) is 12.2 Å². The van der Waals surface area contributed by atoms with Crippen LogP contribution in [-0.2, 0) is 17.8 Å². The summed E-state index contributed by atoms with van der Waals surface area (Å²) in [6.45, 7) is 4.75. The zero-order valence-electron chi connectivity index (χ0n) is 11.5. The highest BCUT2D eigenvalue weighted by Crippen LogP contribution is 2.20. The summed E-state index contributed by atoms with van der Waals surface area (Å²) in [6.07, 6.45) is 0.770. The number of rotatable bonds is 6. The lowest BCUT2D eigenvalue weighted by atomic mass is 10.1. The average molecular weight is 291 g/mol. The van der Waals surface area contributed by atoms with Crippen LogP contribution >= 0.6 is 11.8 Å². The molecular weight excluding hydrogens is 274 g/mol. The second kappa shape index (κ2) is 6.56. The van der Waals surface area contributed by atoms with Gasteiger partial charge < -0.3 is 9.67 Å². The third-order valence-electron chi connectivity index (χ3n) is 3.02. The highest BCUT2D eigenvalue weighted by Gasteiger charge is 2.13. The van der Waals surface area contributed by atoms with E-state index in [1.54, 1.807) is 0 Å². The summed E-state index contributed by atoms with van der Waals surface area (Å²) in [5.41, 5.74) is 2.40. The molecule has 2 aromatic rings. The standard InChI is InChI=1S/C14H17N3O2S/c1-3-12-15-16-14(20-9-13(18)19)17(12)8-11-7-5-4-6-10(11)2/h4-7H,3,8-9H2,1-2H3,(H,18,19). The lowest BCUT2D eigenvalue weighted by Crippen LogP contribution is -2.08. The van der Waals surface area contributed by atoms with Gasteiger partial charge in [-0.1, -0.05) is 43.0 Å². The van der Waals surface area contributed by atoms with Crippen molar-refractivity contribution in [1.82, 2.24) is 14.8 Å². The van der Waals surface area contributed by atoms with Crippen LogP contribution in [0.1, 0.15) is 23.9 Å². The van der Waals surface area contributed by atoms with E-state index in [9.17, 15) is 4.79 Å². The largest absolute Gasteiger partial charge is 0.481 e. The van der Waals surface area contributed by atoms with Gasteiger partial charge in [0.25, 0.3) is 0 Å². The topological polar surface area (TPSA) is 68.0 Å². The third-order valence-corrected chi connectivity index (χ3v) is 3.98. The zero-order chi connectivity index (χ0) is 14.5. The van der Waals surface area contributed by atoms with Crippen molar-refractivity contribution >= 4 is 17.7 Å². The molecule has 20 heavy (non-hydrogen) atoms. The predicted molar refractivity (Wildman–Crippen MR) is 78.0 cm³/mol. The van der Waals surface area contributed by atoms with Gasteiger partial charge >= 0.3 is 5.97 Å². The lowest BCUT2D eigenvalue weighted by molar-refractivity contribution is -0.133. The van der Waals surface area contributed by atoms with Gasteiger partial charge in [0, 0.05) is 6.42 Å². The van der Waals surface area contributed by atoms with E-state index in [1.165, 1.54) is 22.9 Å². The summed E-state index contributed by atoms with van der Waals surface area (Å²) in [6, 6.07) is 8.14. The smallest absolute Gasteiger partial charge is 0.313 e. The van der Waals surface area contributed by atoms with Crippen molar-refractivity contribution in [3.05, 3.63) is 41.2 Å². The summed E-state index contributed by atoms with van der Waals surface area (Å²) in [7, 11) is 0. The lowest BCUT2D eigenvalue weighted by Gasteiger charge is -2.11. The van der Waals surface area contributed by atoms with E-state index >= 15 is 0 Å². The molecule has 0 spiro atoms. The van der Waals surface area contributed by atoms with Crippen molar-refractivity contribution in [1.29, 1.82) is 0 Å². The molecule has 1 N–H and O–H groups in total. The van der Waals surface area contributed by atoms with Gasteiger partial charge in [-0.2, -0.15) is 0 Å². The van der Waals surface area contributed by atoms with Crippen molar-refractivity contribution in [2.75, 3.05) is 5.75 Å². The van der Waals surface area contributed by atoms with Gasteiger partial charge in [-0.25, -0.2) is 0 Å². The molecular formula is C14H17N3O2S. The summed E-state index contributed by atoms with van der Waals surface area (Å²) in [4.78, 5) is 10.7. The number of carbonyl (C=O) groups is 1. The van der Waals surface area contributed by atoms with Crippen molar-refractivity contribution in [2.24, 2.45) is 0 Å². The molecule has 6 heteroatoms. The molecule has 0 atom stereocenters. The van der Waals surface area contributed by atoms with E-state index in [2.05, 4.69) is 29.3 Å². The van der Waals surface area contributed by atoms with Crippen LogP contribution in [0.4, 0.5) is 0 Å². The molecule has 0 aliphatic carbocycles. The van der Waals surface area contributed by atoms with Gasteiger partial charge in [-0.15, -0.1) is 10.2 Å². The van der Waals surface area contributed by atoms with Gasteiger partial charge in [-0.05, 0) is 18.1 Å². The normalized spacial score (nSPS) is 10.7. The number of benzene rings is 1. The van der Waals surface area contributed by atoms with Gasteiger partial charge in [0.2, 0.25) is 0 Å². The molecule has 1 aromatic carbocycles. The minimum atomic E-state index is -0.849. The molecule has 0 radical (unpaired) electrons. The molecule has 0 saturated carbocycles. The number of hydrogen-bond acceptors (Lipinski definition) is 4. The fourth-order valence-electron chi connectivity index (χ4n) is 1.93. The summed E-state index contributed by atoms with van der Waals surface area (Å²) in [5, 5.41) is 17.7. The van der Waals surface area contributed by atoms with Crippen LogP contribution in [-0.4, -0.2) is 31.6 Å². The Balaban J connectivity index is 2.27. The van der Waals surface area contributed by atoms with Gasteiger partial charge in [0.15, 0.2) is 5.16 Å². The van der Waals surface area contributed by atoms with E-state index in [-0.39, 0.29) is 5.75 Å². The number of carboxylic acids is 1. The molecule has 2 rings (SSSR count). The number of thioether (sulfide) groups is 1. The monoisotopic (exact) mass is 291 g/mol. The Morgan fingerprint density at radius 3 is 2.75 bits per heavy atom. The number of hydrogen-bond donors (Lipinski definition) is 1. The number of aromatic nitrogens is 3. The third kappa shape index (κ3) is 3.39. The minimum absolute atomic E-state index is 0.00435. The molecule has 0 unspecified atom stereocenters. The van der Waals surface area contributed by atoms with Crippen LogP contribution in [0.2, 0.25) is 0 Å². The Kier molecular flexibility index (Phi) is 4.79. The van der Waals surface area contributed by atoms with Gasteiger partial charge in [0.1, 0.15) is 5.82 Å². The van der Waals surface area contributed by atoms with Crippen LogP contribution in [0, 0.1) is 6.92 Å². The fraction of sp³-hybridized carbons (Fsp3) is 0.357. The summed E-state index contributed by atoms with van der Waals surface area (Å²) < 4.78 is 2.00. The van der Waals surface area contributed by atoms with Crippen molar-refractivity contribution in [3.8, 4) is 0 Å². The molecule has 0 fully saturated rings. The van der Waals surface area contributed by atoms with E-state index in [4.69, 9.17) is 5.11 Å². The fourth-order valence-corrected chi connectivity index (χ4v) is 2.61. The van der Waals surface area contributed by atoms with E-state index in [1.807, 2.05) is 23.6 Å². The first-order valence-corrected chi connectivity index (χ1v) is 7.41. The predicted octanol–water partition coefficient (Wildman–Crippen LogP) is 2.37. The zero-order valence-corrected chi connectivity index (χ0v) is 12.4. The summed E-state index contributed by atoms with van der Waals surface area (Å²) >= 11 is 1.21. The van der Waals surface area contributed by atoms with Gasteiger partial charge in [0.05, 0.1) is 12.3 Å². The first-order valence-electron chi connectivity index (χ1n) is 6.43. The van der Waals surface area contributed by atoms with E-state index < -0.39 is 5.97 Å². The minimum Gasteiger partial charge on any atom is -0.481 e. The molecule has 0 saturated heterocycles. The average Bonchev–Trinajstić information content (AvgIpc) is 2.81. The van der Waals surface area contributed by atoms with Crippen molar-refractivity contribution in [3.63, 3.8) is 0 Å². The maximum Gasteiger partial charge on any atom is 0.313 e. The molecule has 106 valence electrons. The first kappa shape index (κ1) is 14.6. The molecule has 1 heterocycles. The van der Waals surface area contributed by atoms with E-state index in [0.29, 0.717) is 11.7 Å². The second-order valence-electron chi connectivity index (χ2n) is 4.45. The highest BCUT2D eigenvalue weighted by atomic mass is 32.2. The number of aryl methyl sites for hydroxylation is 2. The van der Waals surface area contributed by atoms with Crippen LogP contribution in [0.15, 0.2) is 29.4 Å². The van der Waals surface area contributed by atoms with Crippen LogP contribution in [0.3, 0.4) is 0 Å². The quantitative estimate of drug-likeness (QED) is 0.828. The SMILES string of the molecule is CCc1nnc(SCC(=O)O)n1Cc1ccccc1C. The highest BCUT2D eigenvalue weighted by molar-refractivity contribution is 7.99. The van der Waals surface area contributed by atoms with Gasteiger partial charge in [-0.3, -0.25) is 4.79 Å². The van der Waals surface area contributed by atoms with Crippen LogP contribution < -0.4 is 0 Å². The molecule has 5 nitrogen and oxygen atoms in total. The number of aliphatic carboxylic acids is 1. The first-order chi connectivity index (χ1) is 9.61. The molecule has 1 aromatic heterocycles. The summed E-state index contributed by atoms with van der Waals surface area (Å²) in [5.74, 6) is 0.0231. The number of carboxylic acid groups (broad SMARTS) is 1. The number of nitrogens with zero attached hydrogens (tertiary/aromatic N) is 3. The maximum atomic E-state index is 10.7. The van der Waals surface area contributed by atoms with Crippen molar-refractivity contribution in [2.45, 2.75) is 32.0 Å². The maximum absolute atomic E-state index is 10.7. The Labute approximate surface area is 122 Å².